The molecule has 0 N–H and O–H groups in total. The molecule has 2 saturated heterocycles. The van der Waals surface area contributed by atoms with Gasteiger partial charge in [0.05, 0.1) is 31.5 Å². The third-order valence-corrected chi connectivity index (χ3v) is 7.45. The molecule has 35 heavy (non-hydrogen) atoms. The zero-order valence-corrected chi connectivity index (χ0v) is 19.7. The number of para-hydroxylation sites is 1. The number of carbonyl (C=O) groups is 2. The van der Waals surface area contributed by atoms with Crippen molar-refractivity contribution < 1.29 is 18.7 Å². The Morgan fingerprint density at radius 2 is 1.94 bits per heavy atom. The fourth-order valence-electron chi connectivity index (χ4n) is 5.85. The third-order valence-electron chi connectivity index (χ3n) is 7.45. The van der Waals surface area contributed by atoms with Crippen molar-refractivity contribution in [2.45, 2.75) is 31.0 Å². The molecule has 8 nitrogen and oxygen atoms in total. The summed E-state index contributed by atoms with van der Waals surface area (Å²) in [5, 5.41) is 1.05. The number of hydrogen-bond acceptors (Lipinski definition) is 7. The van der Waals surface area contributed by atoms with Crippen LogP contribution in [0.3, 0.4) is 0 Å². The average molecular weight is 473 g/mol. The van der Waals surface area contributed by atoms with Gasteiger partial charge in [-0.25, -0.2) is 9.78 Å². The summed E-state index contributed by atoms with van der Waals surface area (Å²) in [5.41, 5.74) is 2.33. The van der Waals surface area contributed by atoms with Gasteiger partial charge in [0.25, 0.3) is 0 Å². The molecule has 3 aromatic rings. The standard InChI is InChI=1S/C27H28N4O4/c1-34-27(33)19-7-10-24(28-14-19)31-20-8-9-21(31)16-29(15-20)17-25(32)30-12-3-6-23(30)22-5-2-4-18-11-13-35-26(18)22/h2-7,10-11,13-14,20-21,23H,8-9,12,15-17H2,1H3. The second kappa shape index (κ2) is 8.85. The molecular weight excluding hydrogens is 444 g/mol. The van der Waals surface area contributed by atoms with Gasteiger partial charge >= 0.3 is 5.97 Å². The Balaban J connectivity index is 1.13. The molecule has 0 radical (unpaired) electrons. The number of carbonyl (C=O) groups excluding carboxylic acids is 2. The van der Waals surface area contributed by atoms with Gasteiger partial charge in [-0.2, -0.15) is 0 Å². The minimum Gasteiger partial charge on any atom is -0.465 e. The summed E-state index contributed by atoms with van der Waals surface area (Å²) in [7, 11) is 1.37. The number of benzene rings is 1. The van der Waals surface area contributed by atoms with E-state index in [4.69, 9.17) is 9.15 Å². The van der Waals surface area contributed by atoms with Crippen molar-refractivity contribution in [3.05, 3.63) is 72.1 Å². The molecule has 1 aromatic carbocycles. The fraction of sp³-hybridized carbons (Fsp3) is 0.370. The number of piperazine rings is 1. The van der Waals surface area contributed by atoms with Crippen LogP contribution in [0.25, 0.3) is 11.0 Å². The summed E-state index contributed by atoms with van der Waals surface area (Å²) < 4.78 is 10.5. The summed E-state index contributed by atoms with van der Waals surface area (Å²) >= 11 is 0. The SMILES string of the molecule is COC(=O)c1ccc(N2C3CCC2CN(CC(=O)N2CC=CC2c2cccc4ccoc24)C3)nc1. The number of ether oxygens (including phenoxy) is 1. The first-order valence-electron chi connectivity index (χ1n) is 12.1. The fourth-order valence-corrected chi connectivity index (χ4v) is 5.85. The first-order valence-corrected chi connectivity index (χ1v) is 12.1. The summed E-state index contributed by atoms with van der Waals surface area (Å²) in [6, 6.07) is 12.2. The van der Waals surface area contributed by atoms with Crippen molar-refractivity contribution in [1.29, 1.82) is 0 Å². The second-order valence-electron chi connectivity index (χ2n) is 9.49. The van der Waals surface area contributed by atoms with E-state index >= 15 is 0 Å². The molecule has 0 spiro atoms. The van der Waals surface area contributed by atoms with Crippen LogP contribution in [0.15, 0.2) is 65.4 Å². The quantitative estimate of drug-likeness (QED) is 0.416. The number of hydrogen-bond donors (Lipinski definition) is 0. The summed E-state index contributed by atoms with van der Waals surface area (Å²) in [6.07, 6.45) is 9.59. The molecule has 0 saturated carbocycles. The van der Waals surface area contributed by atoms with Gasteiger partial charge in [-0.05, 0) is 31.0 Å². The van der Waals surface area contributed by atoms with Gasteiger partial charge in [0.1, 0.15) is 11.4 Å². The van der Waals surface area contributed by atoms with E-state index in [1.807, 2.05) is 35.2 Å². The van der Waals surface area contributed by atoms with Crippen molar-refractivity contribution >= 4 is 28.7 Å². The lowest BCUT2D eigenvalue weighted by Gasteiger charge is -2.42. The van der Waals surface area contributed by atoms with Gasteiger partial charge in [0.15, 0.2) is 0 Å². The largest absolute Gasteiger partial charge is 0.465 e. The maximum absolute atomic E-state index is 13.4. The van der Waals surface area contributed by atoms with Crippen LogP contribution >= 0.6 is 0 Å². The van der Waals surface area contributed by atoms with E-state index in [1.165, 1.54) is 7.11 Å². The highest BCUT2D eigenvalue weighted by Gasteiger charge is 2.41. The van der Waals surface area contributed by atoms with Crippen molar-refractivity contribution in [2.24, 2.45) is 0 Å². The van der Waals surface area contributed by atoms with Crippen molar-refractivity contribution in [1.82, 2.24) is 14.8 Å². The third kappa shape index (κ3) is 3.87. The molecule has 3 aliphatic rings. The monoisotopic (exact) mass is 472 g/mol. The topological polar surface area (TPSA) is 79.1 Å². The van der Waals surface area contributed by atoms with E-state index in [0.717, 1.165) is 48.3 Å². The molecule has 2 bridgehead atoms. The molecule has 8 heteroatoms. The molecular formula is C27H28N4O4. The lowest BCUT2D eigenvalue weighted by molar-refractivity contribution is -0.133. The highest BCUT2D eigenvalue weighted by molar-refractivity contribution is 5.89. The normalized spacial score (nSPS) is 23.9. The molecule has 2 aromatic heterocycles. The number of amides is 1. The number of anilines is 1. The Morgan fingerprint density at radius 1 is 1.11 bits per heavy atom. The van der Waals surface area contributed by atoms with Gasteiger partial charge in [-0.15, -0.1) is 0 Å². The van der Waals surface area contributed by atoms with Crippen molar-refractivity contribution in [2.75, 3.05) is 38.2 Å². The van der Waals surface area contributed by atoms with E-state index in [0.29, 0.717) is 30.7 Å². The van der Waals surface area contributed by atoms with Crippen molar-refractivity contribution in [3.8, 4) is 0 Å². The first kappa shape index (κ1) is 21.9. The lowest BCUT2D eigenvalue weighted by atomic mass is 10.0. The van der Waals surface area contributed by atoms with Gasteiger partial charge in [0.2, 0.25) is 5.91 Å². The molecule has 3 atom stereocenters. The van der Waals surface area contributed by atoms with Crippen LogP contribution in [0, 0.1) is 0 Å². The predicted molar refractivity (Wildman–Crippen MR) is 131 cm³/mol. The number of fused-ring (bicyclic) bond motifs is 3. The molecule has 6 rings (SSSR count). The number of aromatic nitrogens is 1. The minimum atomic E-state index is -0.381. The average Bonchev–Trinajstić information content (AvgIpc) is 3.61. The Kier molecular flexibility index (Phi) is 5.53. The number of rotatable bonds is 5. The molecule has 0 aliphatic carbocycles. The molecule has 5 heterocycles. The van der Waals surface area contributed by atoms with Gasteiger partial charge in [-0.3, -0.25) is 9.69 Å². The Morgan fingerprint density at radius 3 is 2.69 bits per heavy atom. The van der Waals surface area contributed by atoms with Crippen LogP contribution < -0.4 is 4.90 Å². The molecule has 180 valence electrons. The number of nitrogens with zero attached hydrogens (tertiary/aromatic N) is 4. The summed E-state index contributed by atoms with van der Waals surface area (Å²) in [5.74, 6) is 0.636. The number of esters is 1. The minimum absolute atomic E-state index is 0.104. The second-order valence-corrected chi connectivity index (χ2v) is 9.49. The molecule has 3 unspecified atom stereocenters. The zero-order valence-electron chi connectivity index (χ0n) is 19.7. The highest BCUT2D eigenvalue weighted by atomic mass is 16.5. The van der Waals surface area contributed by atoms with Crippen molar-refractivity contribution in [3.63, 3.8) is 0 Å². The first-order chi connectivity index (χ1) is 17.1. The van der Waals surface area contributed by atoms with Crippen LogP contribution in [0.2, 0.25) is 0 Å². The van der Waals surface area contributed by atoms with Gasteiger partial charge in [-0.1, -0.05) is 30.4 Å². The van der Waals surface area contributed by atoms with Gasteiger partial charge < -0.3 is 19.0 Å². The molecule has 3 aliphatic heterocycles. The summed E-state index contributed by atoms with van der Waals surface area (Å²) in [6.45, 7) is 2.66. The predicted octanol–water partition coefficient (Wildman–Crippen LogP) is 3.41. The van der Waals surface area contributed by atoms with Gasteiger partial charge in [0, 0.05) is 48.9 Å². The van der Waals surface area contributed by atoms with E-state index in [2.05, 4.69) is 26.9 Å². The maximum Gasteiger partial charge on any atom is 0.339 e. The van der Waals surface area contributed by atoms with Crippen LogP contribution in [-0.4, -0.2) is 72.0 Å². The molecule has 1 amide bonds. The Hall–Kier alpha value is -3.65. The van der Waals surface area contributed by atoms with Crippen LogP contribution in [0.1, 0.15) is 34.8 Å². The highest BCUT2D eigenvalue weighted by Crippen LogP contribution is 2.35. The summed E-state index contributed by atoms with van der Waals surface area (Å²) in [4.78, 5) is 36.3. The number of likely N-dealkylation sites (tertiary alicyclic amines) is 1. The lowest BCUT2D eigenvalue weighted by Crippen LogP contribution is -2.56. The zero-order chi connectivity index (χ0) is 23.9. The Labute approximate surface area is 203 Å². The molecule has 2 fully saturated rings. The Bertz CT molecular complexity index is 1270. The number of methoxy groups -OCH3 is 1. The van der Waals surface area contributed by atoms with Crippen LogP contribution in [0.5, 0.6) is 0 Å². The maximum atomic E-state index is 13.4. The smallest absolute Gasteiger partial charge is 0.339 e. The van der Waals surface area contributed by atoms with Crippen LogP contribution in [0.4, 0.5) is 5.82 Å². The van der Waals surface area contributed by atoms with Crippen LogP contribution in [-0.2, 0) is 9.53 Å². The number of pyridine rings is 1. The number of furan rings is 1. The van der Waals surface area contributed by atoms with E-state index in [-0.39, 0.29) is 17.9 Å². The van der Waals surface area contributed by atoms with E-state index in [9.17, 15) is 9.59 Å². The van der Waals surface area contributed by atoms with E-state index < -0.39 is 0 Å². The van der Waals surface area contributed by atoms with E-state index in [1.54, 1.807) is 18.5 Å².